The van der Waals surface area contributed by atoms with Gasteiger partial charge in [0.25, 0.3) is 0 Å². The van der Waals surface area contributed by atoms with E-state index >= 15 is 0 Å². The Kier molecular flexibility index (Phi) is 5.14. The van der Waals surface area contributed by atoms with E-state index in [1.165, 1.54) is 17.6 Å². The van der Waals surface area contributed by atoms with Gasteiger partial charge in [0.15, 0.2) is 0 Å². The highest BCUT2D eigenvalue weighted by Crippen LogP contribution is 2.97. The second kappa shape index (κ2) is 7.67. The first-order chi connectivity index (χ1) is 15.9. The molecule has 5 rings (SSSR count). The Bertz CT molecular complexity index is 1210. The molecule has 2 saturated carbocycles. The van der Waals surface area contributed by atoms with E-state index in [4.69, 9.17) is 19.4 Å². The fourth-order valence-electron chi connectivity index (χ4n) is 6.96. The van der Waals surface area contributed by atoms with Gasteiger partial charge < -0.3 is 9.47 Å². The predicted octanol–water partition coefficient (Wildman–Crippen LogP) is 5.85. The van der Waals surface area contributed by atoms with Crippen LogP contribution in [0.15, 0.2) is 18.2 Å². The van der Waals surface area contributed by atoms with Crippen molar-refractivity contribution in [2.75, 3.05) is 20.3 Å². The molecule has 5 heteroatoms. The predicted molar refractivity (Wildman–Crippen MR) is 129 cm³/mol. The van der Waals surface area contributed by atoms with Gasteiger partial charge in [-0.2, -0.15) is 5.26 Å². The van der Waals surface area contributed by atoms with Crippen LogP contribution in [0.5, 0.6) is 5.88 Å². The first-order valence-electron chi connectivity index (χ1n) is 12.2. The molecular weight excluding hydrogens is 410 g/mol. The van der Waals surface area contributed by atoms with Gasteiger partial charge in [-0.1, -0.05) is 26.0 Å². The smallest absolute Gasteiger partial charge is 0.231 e. The zero-order chi connectivity index (χ0) is 23.5. The maximum absolute atomic E-state index is 9.70. The molecule has 172 valence electrons. The van der Waals surface area contributed by atoms with Gasteiger partial charge in [-0.15, -0.1) is 0 Å². The van der Waals surface area contributed by atoms with Crippen molar-refractivity contribution in [3.05, 3.63) is 46.3 Å². The number of allylic oxidation sites excluding steroid dienone is 2. The molecule has 2 fully saturated rings. The van der Waals surface area contributed by atoms with Crippen molar-refractivity contribution in [3.8, 4) is 23.2 Å². The molecule has 3 aliphatic rings. The minimum absolute atomic E-state index is 0.327. The van der Waals surface area contributed by atoms with E-state index in [-0.39, 0.29) is 0 Å². The molecule has 3 unspecified atom stereocenters. The number of nitriles is 1. The SMILES string of the molecule is CCOc1nc(CC)c(-c2nc3c(cc2C)C2C4C2(CC=C3C)[C@]4(CC)COC)cc1C#N. The molecule has 0 aliphatic heterocycles. The molecule has 2 heterocycles. The number of aryl methyl sites for hydroxylation is 2. The summed E-state index contributed by atoms with van der Waals surface area (Å²) in [5.74, 6) is 1.70. The molecule has 2 aromatic rings. The standard InChI is InChI=1S/C28H33N3O2/c1-7-21-19(13-18(14-29)26(30-21)33-9-3)24-17(5)12-20-22-25-27(8-2,15-32-6)28(22,25)11-10-16(4)23(20)31-24/h10,12-13,22,25H,7-9,11,15H2,1-6H3/t22?,25?,27-,28?/m1/s1. The number of fused-ring (bicyclic) bond motifs is 3. The summed E-state index contributed by atoms with van der Waals surface area (Å²) in [5, 5.41) is 9.70. The number of pyridine rings is 2. The second-order valence-electron chi connectivity index (χ2n) is 9.86. The van der Waals surface area contributed by atoms with E-state index in [1.54, 1.807) is 0 Å². The van der Waals surface area contributed by atoms with Crippen LogP contribution < -0.4 is 4.74 Å². The average Bonchev–Trinajstić information content (AvgIpc) is 3.67. The summed E-state index contributed by atoms with van der Waals surface area (Å²) in [6.07, 6.45) is 5.43. The monoisotopic (exact) mass is 443 g/mol. The third kappa shape index (κ3) is 2.80. The molecule has 0 aromatic carbocycles. The first kappa shape index (κ1) is 22.1. The minimum Gasteiger partial charge on any atom is -0.477 e. The number of hydrogen-bond acceptors (Lipinski definition) is 5. The van der Waals surface area contributed by atoms with Crippen LogP contribution in [0.25, 0.3) is 16.8 Å². The Labute approximate surface area is 196 Å². The van der Waals surface area contributed by atoms with Crippen molar-refractivity contribution in [1.29, 1.82) is 5.26 Å². The highest BCUT2D eigenvalue weighted by Gasteiger charge is 2.93. The van der Waals surface area contributed by atoms with Crippen LogP contribution >= 0.6 is 0 Å². The van der Waals surface area contributed by atoms with Crippen molar-refractivity contribution in [1.82, 2.24) is 9.97 Å². The van der Waals surface area contributed by atoms with E-state index < -0.39 is 0 Å². The Hall–Kier alpha value is -2.71. The van der Waals surface area contributed by atoms with Crippen LogP contribution in [0.4, 0.5) is 0 Å². The third-order valence-electron chi connectivity index (χ3n) is 8.56. The molecule has 0 N–H and O–H groups in total. The number of hydrogen-bond donors (Lipinski definition) is 0. The van der Waals surface area contributed by atoms with E-state index in [2.05, 4.69) is 45.9 Å². The van der Waals surface area contributed by atoms with Gasteiger partial charge in [-0.05, 0) is 80.1 Å². The molecule has 2 aromatic heterocycles. The lowest BCUT2D eigenvalue weighted by Crippen LogP contribution is -2.26. The Morgan fingerprint density at radius 3 is 2.58 bits per heavy atom. The van der Waals surface area contributed by atoms with Crippen LogP contribution in [0.3, 0.4) is 0 Å². The molecule has 3 aliphatic carbocycles. The molecule has 0 bridgehead atoms. The summed E-state index contributed by atoms with van der Waals surface area (Å²) in [7, 11) is 1.83. The van der Waals surface area contributed by atoms with Crippen molar-refractivity contribution in [2.24, 2.45) is 16.7 Å². The number of nitrogens with zero attached hydrogens (tertiary/aromatic N) is 3. The summed E-state index contributed by atoms with van der Waals surface area (Å²) in [6.45, 7) is 12.0. The van der Waals surface area contributed by atoms with Crippen molar-refractivity contribution >= 4 is 5.57 Å². The first-order valence-corrected chi connectivity index (χ1v) is 12.2. The van der Waals surface area contributed by atoms with Crippen LogP contribution in [0.2, 0.25) is 0 Å². The molecular formula is C28H33N3O2. The van der Waals surface area contributed by atoms with Crippen LogP contribution in [0, 0.1) is 35.0 Å². The summed E-state index contributed by atoms with van der Waals surface area (Å²) in [5.41, 5.74) is 8.81. The van der Waals surface area contributed by atoms with E-state index in [0.29, 0.717) is 40.7 Å². The Balaban J connectivity index is 1.61. The Morgan fingerprint density at radius 2 is 1.94 bits per heavy atom. The van der Waals surface area contributed by atoms with Gasteiger partial charge in [0, 0.05) is 18.1 Å². The highest BCUT2D eigenvalue weighted by atomic mass is 16.5. The highest BCUT2D eigenvalue weighted by molar-refractivity contribution is 5.76. The van der Waals surface area contributed by atoms with Gasteiger partial charge in [0.2, 0.25) is 5.88 Å². The van der Waals surface area contributed by atoms with Crippen LogP contribution in [-0.4, -0.2) is 30.3 Å². The Morgan fingerprint density at radius 1 is 1.15 bits per heavy atom. The molecule has 4 atom stereocenters. The quantitative estimate of drug-likeness (QED) is 0.537. The number of rotatable bonds is 7. The van der Waals surface area contributed by atoms with Crippen molar-refractivity contribution in [3.63, 3.8) is 0 Å². The van der Waals surface area contributed by atoms with Crippen LogP contribution in [0.1, 0.15) is 74.5 Å². The number of ether oxygens (including phenoxy) is 2. The largest absolute Gasteiger partial charge is 0.477 e. The van der Waals surface area contributed by atoms with Gasteiger partial charge in [0.1, 0.15) is 11.6 Å². The minimum atomic E-state index is 0.327. The third-order valence-corrected chi connectivity index (χ3v) is 8.56. The summed E-state index contributed by atoms with van der Waals surface area (Å²) in [4.78, 5) is 9.94. The van der Waals surface area contributed by atoms with Gasteiger partial charge in [0.05, 0.1) is 30.3 Å². The maximum atomic E-state index is 9.70. The van der Waals surface area contributed by atoms with Crippen molar-refractivity contribution < 1.29 is 9.47 Å². The maximum Gasteiger partial charge on any atom is 0.231 e. The normalized spacial score (nSPS) is 28.6. The van der Waals surface area contributed by atoms with E-state index in [9.17, 15) is 5.26 Å². The summed E-state index contributed by atoms with van der Waals surface area (Å²) >= 11 is 0. The van der Waals surface area contributed by atoms with Crippen molar-refractivity contribution in [2.45, 2.75) is 59.8 Å². The zero-order valence-electron chi connectivity index (χ0n) is 20.6. The van der Waals surface area contributed by atoms with Crippen LogP contribution in [-0.2, 0) is 11.2 Å². The fourth-order valence-corrected chi connectivity index (χ4v) is 6.96. The van der Waals surface area contributed by atoms with Gasteiger partial charge in [-0.3, -0.25) is 0 Å². The average molecular weight is 444 g/mol. The lowest BCUT2D eigenvalue weighted by atomic mass is 9.76. The number of methoxy groups -OCH3 is 1. The second-order valence-corrected chi connectivity index (χ2v) is 9.86. The lowest BCUT2D eigenvalue weighted by Gasteiger charge is -2.30. The zero-order valence-corrected chi connectivity index (χ0v) is 20.6. The fraction of sp³-hybridized carbons (Fsp3) is 0.536. The molecule has 1 spiro atoms. The molecule has 0 saturated heterocycles. The summed E-state index contributed by atoms with van der Waals surface area (Å²) in [6, 6.07) is 6.52. The summed E-state index contributed by atoms with van der Waals surface area (Å²) < 4.78 is 11.3. The van der Waals surface area contributed by atoms with Gasteiger partial charge >= 0.3 is 0 Å². The number of aromatic nitrogens is 2. The molecule has 33 heavy (non-hydrogen) atoms. The molecule has 5 nitrogen and oxygen atoms in total. The topological polar surface area (TPSA) is 68.0 Å². The van der Waals surface area contributed by atoms with Gasteiger partial charge in [-0.25, -0.2) is 9.97 Å². The molecule has 0 radical (unpaired) electrons. The van der Waals surface area contributed by atoms with E-state index in [0.717, 1.165) is 47.7 Å². The lowest BCUT2D eigenvalue weighted by molar-refractivity contribution is 0.0818. The molecule has 0 amide bonds. The van der Waals surface area contributed by atoms with E-state index in [1.807, 2.05) is 20.1 Å².